The summed E-state index contributed by atoms with van der Waals surface area (Å²) in [6, 6.07) is 10.5. The fraction of sp³-hybridized carbons (Fsp3) is 0.400. The maximum Gasteiger partial charge on any atom is 0.495 e. The van der Waals surface area contributed by atoms with Gasteiger partial charge in [0.05, 0.1) is 4.42 Å². The predicted octanol–water partition coefficient (Wildman–Crippen LogP) is 1.31. The van der Waals surface area contributed by atoms with Gasteiger partial charge < -0.3 is 9.47 Å². The molecule has 1 heterocycles. The summed E-state index contributed by atoms with van der Waals surface area (Å²) in [6.07, 6.45) is 1.04. The Morgan fingerprint density at radius 1 is 1.07 bits per heavy atom. The van der Waals surface area contributed by atoms with Gasteiger partial charge in [0.25, 0.3) is 0 Å². The molecule has 4 heteroatoms. The van der Waals surface area contributed by atoms with Crippen LogP contribution in [0.5, 0.6) is 0 Å². The van der Waals surface area contributed by atoms with Gasteiger partial charge in [-0.2, -0.15) is 3.69 Å². The Morgan fingerprint density at radius 3 is 2.36 bits per heavy atom. The summed E-state index contributed by atoms with van der Waals surface area (Å²) in [5.41, 5.74) is 0. The van der Waals surface area contributed by atoms with E-state index in [-0.39, 0.29) is 21.4 Å². The second kappa shape index (κ2) is 6.79. The first-order valence-electron chi connectivity index (χ1n) is 4.72. The molecule has 0 aliphatic carbocycles. The normalized spacial score (nSPS) is 16.9. The van der Waals surface area contributed by atoms with Gasteiger partial charge in [-0.25, -0.2) is 0 Å². The van der Waals surface area contributed by atoms with Crippen molar-refractivity contribution < 1.29 is 9.47 Å². The van der Waals surface area contributed by atoms with E-state index in [2.05, 4.69) is 24.3 Å². The summed E-state index contributed by atoms with van der Waals surface area (Å²) in [5.74, 6) is 0. The van der Waals surface area contributed by atoms with Crippen molar-refractivity contribution in [2.75, 3.05) is 13.2 Å². The molecule has 1 aromatic rings. The zero-order chi connectivity index (χ0) is 8.93. The highest BCUT2D eigenvalue weighted by atomic mass is 79.9. The van der Waals surface area contributed by atoms with Crippen LogP contribution in [0.15, 0.2) is 30.3 Å². The summed E-state index contributed by atoms with van der Waals surface area (Å²) in [6.45, 7) is 1.73. The van der Waals surface area contributed by atoms with Gasteiger partial charge in [0.15, 0.2) is 0 Å². The molecular weight excluding hydrogens is 256 g/mol. The highest BCUT2D eigenvalue weighted by Gasteiger charge is 2.17. The van der Waals surface area contributed by atoms with E-state index in [1.165, 1.54) is 3.69 Å². The highest BCUT2D eigenvalue weighted by Crippen LogP contribution is 2.02. The Kier molecular flexibility index (Phi) is 6.04. The molecule has 74 valence electrons. The van der Waals surface area contributed by atoms with Crippen LogP contribution >= 0.6 is 17.0 Å². The Hall–Kier alpha value is 0.386. The molecule has 1 aliphatic heterocycles. The van der Waals surface area contributed by atoms with E-state index in [9.17, 15) is 0 Å². The maximum atomic E-state index is 5.52. The fourth-order valence-electron chi connectivity index (χ4n) is 1.46. The zero-order valence-corrected chi connectivity index (χ0v) is 11.1. The predicted molar refractivity (Wildman–Crippen MR) is 62.5 cm³/mol. The summed E-state index contributed by atoms with van der Waals surface area (Å²) in [5, 5.41) is 0. The molecule has 0 atom stereocenters. The lowest BCUT2D eigenvalue weighted by Crippen LogP contribution is -2.36. The molecular formula is C10H13BrMgO2. The van der Waals surface area contributed by atoms with Crippen molar-refractivity contribution in [1.29, 1.82) is 0 Å². The molecule has 1 saturated heterocycles. The van der Waals surface area contributed by atoms with Crippen molar-refractivity contribution in [3.05, 3.63) is 30.3 Å². The minimum Gasteiger partial charge on any atom is -0.380 e. The standard InChI is InChI=1S/C6H5.C4H7O2.BrH.Mg/c1-2-4-6-5-3-1;1-2-5-4-6-3-1;;/h1-5H;4H,1-3H2;1H;. The fourth-order valence-corrected chi connectivity index (χ4v) is 2.96. The Labute approximate surface area is 104 Å². The Morgan fingerprint density at radius 2 is 1.71 bits per heavy atom. The first-order chi connectivity index (χ1) is 6.45. The third-order valence-electron chi connectivity index (χ3n) is 2.14. The number of hydrogen-bond acceptors (Lipinski definition) is 2. The Balaban J connectivity index is 0.000000980. The molecule has 0 unspecified atom stereocenters. The van der Waals surface area contributed by atoms with Crippen LogP contribution in [0.2, 0.25) is 0 Å². The molecule has 0 N–H and O–H groups in total. The van der Waals surface area contributed by atoms with Crippen LogP contribution in [0.1, 0.15) is 6.42 Å². The summed E-state index contributed by atoms with van der Waals surface area (Å²) in [7, 11) is 0. The molecule has 1 aromatic carbocycles. The van der Waals surface area contributed by atoms with Crippen LogP contribution in [-0.2, 0) is 9.47 Å². The van der Waals surface area contributed by atoms with Gasteiger partial charge in [-0.1, -0.05) is 30.3 Å². The lowest BCUT2D eigenvalue weighted by atomic mass is 10.4. The summed E-state index contributed by atoms with van der Waals surface area (Å²) in [4.78, 5) is 0. The van der Waals surface area contributed by atoms with Crippen molar-refractivity contribution in [2.45, 2.75) is 10.8 Å². The van der Waals surface area contributed by atoms with Crippen LogP contribution in [0.4, 0.5) is 0 Å². The van der Waals surface area contributed by atoms with Gasteiger partial charge in [-0.05, 0) is 6.42 Å². The second-order valence-electron chi connectivity index (χ2n) is 3.21. The highest BCUT2D eigenvalue weighted by molar-refractivity contribution is 8.93. The molecule has 0 spiro atoms. The van der Waals surface area contributed by atoms with Crippen molar-refractivity contribution in [1.82, 2.24) is 0 Å². The Bertz CT molecular complexity index is 250. The molecule has 0 aromatic heterocycles. The maximum absolute atomic E-state index is 5.52. The van der Waals surface area contributed by atoms with Crippen molar-refractivity contribution >= 4 is 41.0 Å². The second-order valence-corrected chi connectivity index (χ2v) is 5.11. The monoisotopic (exact) mass is 268 g/mol. The number of hydrogen-bond donors (Lipinski definition) is 0. The lowest BCUT2D eigenvalue weighted by molar-refractivity contribution is -0.130. The van der Waals surface area contributed by atoms with E-state index in [1.54, 1.807) is 0 Å². The molecule has 2 rings (SSSR count). The van der Waals surface area contributed by atoms with Crippen molar-refractivity contribution in [2.24, 2.45) is 0 Å². The number of benzene rings is 1. The van der Waals surface area contributed by atoms with E-state index >= 15 is 0 Å². The van der Waals surface area contributed by atoms with Gasteiger partial charge in [0, 0.05) is 13.2 Å². The van der Waals surface area contributed by atoms with Crippen LogP contribution in [-0.4, -0.2) is 38.0 Å². The largest absolute Gasteiger partial charge is 0.495 e. The number of ether oxygens (including phenoxy) is 2. The van der Waals surface area contributed by atoms with Gasteiger partial charge in [0.2, 0.25) is 0 Å². The third-order valence-corrected chi connectivity index (χ3v) is 3.89. The van der Waals surface area contributed by atoms with Crippen LogP contribution in [0.25, 0.3) is 0 Å². The molecule has 1 aliphatic rings. The zero-order valence-electron chi connectivity index (χ0n) is 8.02. The van der Waals surface area contributed by atoms with Crippen LogP contribution in [0, 0.1) is 0 Å². The first kappa shape index (κ1) is 12.5. The molecule has 0 amide bonds. The van der Waals surface area contributed by atoms with E-state index in [1.807, 2.05) is 6.07 Å². The van der Waals surface area contributed by atoms with E-state index in [0.717, 1.165) is 19.6 Å². The quantitative estimate of drug-likeness (QED) is 0.754. The SMILES string of the molecule is Br.c1cc[c]([Mg][CH]2OCCCO2)cc1. The molecule has 2 nitrogen and oxygen atoms in total. The molecule has 14 heavy (non-hydrogen) atoms. The number of halogens is 1. The van der Waals surface area contributed by atoms with E-state index in [4.69, 9.17) is 9.47 Å². The average molecular weight is 269 g/mol. The smallest absolute Gasteiger partial charge is 0.380 e. The first-order valence-corrected chi connectivity index (χ1v) is 6.24. The third kappa shape index (κ3) is 3.86. The lowest BCUT2D eigenvalue weighted by Gasteiger charge is -2.23. The average Bonchev–Trinajstić information content (AvgIpc) is 2.21. The van der Waals surface area contributed by atoms with Gasteiger partial charge >= 0.3 is 20.4 Å². The molecule has 0 bridgehead atoms. The van der Waals surface area contributed by atoms with Gasteiger partial charge in [-0.15, -0.1) is 17.0 Å². The van der Waals surface area contributed by atoms with Gasteiger partial charge in [-0.3, -0.25) is 0 Å². The molecule has 1 fully saturated rings. The van der Waals surface area contributed by atoms with Crippen LogP contribution < -0.4 is 3.69 Å². The minimum absolute atomic E-state index is 0. The van der Waals surface area contributed by atoms with Crippen LogP contribution in [0.3, 0.4) is 0 Å². The van der Waals surface area contributed by atoms with Crippen molar-refractivity contribution in [3.8, 4) is 0 Å². The summed E-state index contributed by atoms with van der Waals surface area (Å²) >= 11 is -0.402. The number of rotatable bonds is 2. The molecule has 0 radical (unpaired) electrons. The minimum atomic E-state index is -0.402. The van der Waals surface area contributed by atoms with Crippen molar-refractivity contribution in [3.63, 3.8) is 0 Å². The molecule has 0 saturated carbocycles. The van der Waals surface area contributed by atoms with Gasteiger partial charge in [0.1, 0.15) is 0 Å². The topological polar surface area (TPSA) is 18.5 Å². The van der Waals surface area contributed by atoms with E-state index in [0.29, 0.717) is 0 Å². The summed E-state index contributed by atoms with van der Waals surface area (Å²) < 4.78 is 12.6. The van der Waals surface area contributed by atoms with E-state index < -0.39 is 20.4 Å².